The van der Waals surface area contributed by atoms with Gasteiger partial charge in [-0.3, -0.25) is 9.59 Å². The standard InChI is InChI=1S/C13H11BrN2O2/c14-7-9-3-1-2-4-11(9)16-13(18)10-5-6-12(17)15-8-10/h1-6,8H,7H2,(H,15,17)(H,16,18). The fraction of sp³-hybridized carbons (Fsp3) is 0.0769. The second-order valence-corrected chi connectivity index (χ2v) is 4.25. The fourth-order valence-electron chi connectivity index (χ4n) is 1.51. The number of rotatable bonds is 3. The molecule has 0 unspecified atom stereocenters. The number of carbonyl (C=O) groups is 1. The maximum atomic E-state index is 11.9. The van der Waals surface area contributed by atoms with Crippen LogP contribution in [-0.2, 0) is 5.33 Å². The van der Waals surface area contributed by atoms with Crippen LogP contribution in [-0.4, -0.2) is 10.9 Å². The number of amides is 1. The molecule has 2 rings (SSSR count). The van der Waals surface area contributed by atoms with Crippen LogP contribution >= 0.6 is 15.9 Å². The molecule has 0 fully saturated rings. The summed E-state index contributed by atoms with van der Waals surface area (Å²) in [5.74, 6) is -0.250. The Morgan fingerprint density at radius 3 is 2.67 bits per heavy atom. The van der Waals surface area contributed by atoms with Crippen molar-refractivity contribution >= 4 is 27.5 Å². The third-order valence-electron chi connectivity index (χ3n) is 2.46. The van der Waals surface area contributed by atoms with E-state index in [4.69, 9.17) is 0 Å². The Morgan fingerprint density at radius 2 is 2.00 bits per heavy atom. The summed E-state index contributed by atoms with van der Waals surface area (Å²) in [5, 5.41) is 3.47. The molecule has 1 aromatic heterocycles. The number of aromatic amines is 1. The number of aromatic nitrogens is 1. The second-order valence-electron chi connectivity index (χ2n) is 3.69. The predicted molar refractivity (Wildman–Crippen MR) is 74.1 cm³/mol. The van der Waals surface area contributed by atoms with Gasteiger partial charge >= 0.3 is 0 Å². The van der Waals surface area contributed by atoms with Gasteiger partial charge < -0.3 is 10.3 Å². The first-order valence-electron chi connectivity index (χ1n) is 5.34. The zero-order chi connectivity index (χ0) is 13.0. The lowest BCUT2D eigenvalue weighted by Crippen LogP contribution is -2.15. The van der Waals surface area contributed by atoms with Crippen molar-refractivity contribution in [3.05, 3.63) is 64.1 Å². The van der Waals surface area contributed by atoms with E-state index >= 15 is 0 Å². The average Bonchev–Trinajstić information content (AvgIpc) is 2.40. The zero-order valence-electron chi connectivity index (χ0n) is 9.44. The molecule has 1 amide bonds. The molecule has 1 aromatic carbocycles. The van der Waals surface area contributed by atoms with Crippen molar-refractivity contribution in [1.29, 1.82) is 0 Å². The van der Waals surface area contributed by atoms with Crippen molar-refractivity contribution in [2.45, 2.75) is 5.33 Å². The minimum atomic E-state index is -0.250. The van der Waals surface area contributed by atoms with E-state index in [2.05, 4.69) is 26.2 Å². The molecule has 18 heavy (non-hydrogen) atoms. The Bertz CT molecular complexity index is 602. The van der Waals surface area contributed by atoms with Crippen LogP contribution in [0.2, 0.25) is 0 Å². The number of hydrogen-bond acceptors (Lipinski definition) is 2. The molecule has 0 atom stereocenters. The number of carbonyl (C=O) groups excluding carboxylic acids is 1. The van der Waals surface area contributed by atoms with Gasteiger partial charge in [-0.1, -0.05) is 34.1 Å². The van der Waals surface area contributed by atoms with E-state index in [0.29, 0.717) is 10.9 Å². The van der Waals surface area contributed by atoms with Gasteiger partial charge in [-0.2, -0.15) is 0 Å². The number of pyridine rings is 1. The molecule has 4 nitrogen and oxygen atoms in total. The van der Waals surface area contributed by atoms with Crippen LogP contribution in [0.5, 0.6) is 0 Å². The molecule has 5 heteroatoms. The van der Waals surface area contributed by atoms with Crippen LogP contribution in [0.3, 0.4) is 0 Å². The van der Waals surface area contributed by atoms with E-state index in [1.165, 1.54) is 18.3 Å². The van der Waals surface area contributed by atoms with Gasteiger partial charge in [0.05, 0.1) is 5.56 Å². The van der Waals surface area contributed by atoms with Crippen LogP contribution in [0.1, 0.15) is 15.9 Å². The Balaban J connectivity index is 2.21. The van der Waals surface area contributed by atoms with E-state index in [9.17, 15) is 9.59 Å². The fourth-order valence-corrected chi connectivity index (χ4v) is 1.99. The number of benzene rings is 1. The van der Waals surface area contributed by atoms with Crippen molar-refractivity contribution in [3.8, 4) is 0 Å². The summed E-state index contributed by atoms with van der Waals surface area (Å²) in [4.78, 5) is 25.3. The largest absolute Gasteiger partial charge is 0.328 e. The third kappa shape index (κ3) is 2.87. The third-order valence-corrected chi connectivity index (χ3v) is 3.06. The van der Waals surface area contributed by atoms with Gasteiger partial charge in [0.25, 0.3) is 5.91 Å². The molecule has 0 spiro atoms. The van der Waals surface area contributed by atoms with Crippen LogP contribution in [0.15, 0.2) is 47.4 Å². The number of anilines is 1. The van der Waals surface area contributed by atoms with Crippen LogP contribution in [0.4, 0.5) is 5.69 Å². The Labute approximate surface area is 112 Å². The number of alkyl halides is 1. The molecule has 92 valence electrons. The highest BCUT2D eigenvalue weighted by atomic mass is 79.9. The van der Waals surface area contributed by atoms with Crippen LogP contribution in [0, 0.1) is 0 Å². The van der Waals surface area contributed by atoms with Crippen molar-refractivity contribution in [1.82, 2.24) is 4.98 Å². The topological polar surface area (TPSA) is 62.0 Å². The summed E-state index contributed by atoms with van der Waals surface area (Å²) >= 11 is 3.37. The Kier molecular flexibility index (Phi) is 3.94. The predicted octanol–water partition coefficient (Wildman–Crippen LogP) is 2.52. The lowest BCUT2D eigenvalue weighted by Gasteiger charge is -2.08. The highest BCUT2D eigenvalue weighted by molar-refractivity contribution is 9.08. The Hall–Kier alpha value is -1.88. The number of nitrogens with one attached hydrogen (secondary N) is 2. The molecule has 2 N–H and O–H groups in total. The minimum Gasteiger partial charge on any atom is -0.328 e. The van der Waals surface area contributed by atoms with Gasteiger partial charge in [0.2, 0.25) is 5.56 Å². The molecule has 0 saturated heterocycles. The lowest BCUT2D eigenvalue weighted by molar-refractivity contribution is 0.102. The summed E-state index contributed by atoms with van der Waals surface area (Å²) in [6.45, 7) is 0. The van der Waals surface area contributed by atoms with E-state index in [1.807, 2.05) is 24.3 Å². The number of halogens is 1. The van der Waals surface area contributed by atoms with Gasteiger partial charge in [0, 0.05) is 23.3 Å². The molecule has 1 heterocycles. The first-order valence-corrected chi connectivity index (χ1v) is 6.47. The molecule has 0 aliphatic heterocycles. The van der Waals surface area contributed by atoms with Crippen molar-refractivity contribution in [3.63, 3.8) is 0 Å². The maximum Gasteiger partial charge on any atom is 0.257 e. The lowest BCUT2D eigenvalue weighted by atomic mass is 10.2. The van der Waals surface area contributed by atoms with E-state index in [0.717, 1.165) is 11.3 Å². The highest BCUT2D eigenvalue weighted by Crippen LogP contribution is 2.18. The van der Waals surface area contributed by atoms with Gasteiger partial charge in [0.15, 0.2) is 0 Å². The summed E-state index contributed by atoms with van der Waals surface area (Å²) < 4.78 is 0. The molecule has 0 aliphatic carbocycles. The van der Waals surface area contributed by atoms with Crippen molar-refractivity contribution in [2.75, 3.05) is 5.32 Å². The molecular weight excluding hydrogens is 296 g/mol. The smallest absolute Gasteiger partial charge is 0.257 e. The number of hydrogen-bond donors (Lipinski definition) is 2. The van der Waals surface area contributed by atoms with E-state index in [1.54, 1.807) is 0 Å². The van der Waals surface area contributed by atoms with Gasteiger partial charge in [-0.05, 0) is 17.7 Å². The summed E-state index contributed by atoms with van der Waals surface area (Å²) in [5.41, 5.74) is 1.94. The quantitative estimate of drug-likeness (QED) is 0.856. The maximum absolute atomic E-state index is 11.9. The van der Waals surface area contributed by atoms with Gasteiger partial charge in [0.1, 0.15) is 0 Å². The zero-order valence-corrected chi connectivity index (χ0v) is 11.0. The SMILES string of the molecule is O=C(Nc1ccccc1CBr)c1ccc(=O)[nH]c1. The second kappa shape index (κ2) is 5.64. The van der Waals surface area contributed by atoms with E-state index < -0.39 is 0 Å². The van der Waals surface area contributed by atoms with Crippen LogP contribution in [0.25, 0.3) is 0 Å². The molecule has 2 aromatic rings. The first-order chi connectivity index (χ1) is 8.70. The first kappa shape index (κ1) is 12.6. The summed E-state index contributed by atoms with van der Waals surface area (Å²) in [7, 11) is 0. The van der Waals surface area contributed by atoms with Crippen LogP contribution < -0.4 is 10.9 Å². The molecule has 0 radical (unpaired) electrons. The van der Waals surface area contributed by atoms with Crippen molar-refractivity contribution < 1.29 is 4.79 Å². The average molecular weight is 307 g/mol. The van der Waals surface area contributed by atoms with Crippen molar-refractivity contribution in [2.24, 2.45) is 0 Å². The van der Waals surface area contributed by atoms with E-state index in [-0.39, 0.29) is 11.5 Å². The minimum absolute atomic E-state index is 0.229. The molecular formula is C13H11BrN2O2. The monoisotopic (exact) mass is 306 g/mol. The highest BCUT2D eigenvalue weighted by Gasteiger charge is 2.08. The molecule has 0 saturated carbocycles. The Morgan fingerprint density at radius 1 is 1.22 bits per heavy atom. The number of para-hydroxylation sites is 1. The number of H-pyrrole nitrogens is 1. The molecule has 0 aliphatic rings. The van der Waals surface area contributed by atoms with Gasteiger partial charge in [-0.15, -0.1) is 0 Å². The summed E-state index contributed by atoms with van der Waals surface area (Å²) in [6.07, 6.45) is 1.40. The molecule has 0 bridgehead atoms. The van der Waals surface area contributed by atoms with Gasteiger partial charge in [-0.25, -0.2) is 0 Å². The summed E-state index contributed by atoms with van der Waals surface area (Å²) in [6, 6.07) is 10.3. The normalized spacial score (nSPS) is 10.1.